The van der Waals surface area contributed by atoms with E-state index < -0.39 is 5.09 Å². The molecule has 0 aromatic heterocycles. The highest BCUT2D eigenvalue weighted by molar-refractivity contribution is 4.58. The van der Waals surface area contributed by atoms with Crippen LogP contribution < -0.4 is 0 Å². The van der Waals surface area contributed by atoms with Crippen molar-refractivity contribution >= 4 is 0 Å². The molecule has 0 aromatic carbocycles. The Balaban J connectivity index is 0.000000310. The Hall–Kier alpha value is -0.920. The van der Waals surface area contributed by atoms with Crippen molar-refractivity contribution in [3.63, 3.8) is 0 Å². The first-order chi connectivity index (χ1) is 6.16. The summed E-state index contributed by atoms with van der Waals surface area (Å²) < 4.78 is 10.1. The molecule has 0 radical (unpaired) electrons. The monoisotopic (exact) mass is 195 g/mol. The minimum absolute atomic E-state index is 0.233. The normalized spacial score (nSPS) is 20.5. The summed E-state index contributed by atoms with van der Waals surface area (Å²) in [5.41, 5.74) is 0. The number of aliphatic hydroxyl groups is 1. The largest absolute Gasteiger partial charge is 0.396 e. The van der Waals surface area contributed by atoms with Crippen LogP contribution in [-0.4, -0.2) is 41.5 Å². The molecule has 0 spiro atoms. The maximum Gasteiger partial charge on any atom is 0.291 e. The minimum Gasteiger partial charge on any atom is -0.396 e. The Kier molecular flexibility index (Phi) is 7.17. The summed E-state index contributed by atoms with van der Waals surface area (Å²) in [5.74, 6) is 0. The molecule has 0 amide bonds. The molecule has 2 N–H and O–H groups in total. The molecule has 0 bridgehead atoms. The number of rotatable bonds is 3. The van der Waals surface area contributed by atoms with E-state index >= 15 is 0 Å². The quantitative estimate of drug-likeness (QED) is 0.477. The molecule has 1 aliphatic rings. The SMILES string of the molecule is O=[N+]([O-])O.OCCCC1COCO1. The number of hydrogen-bond acceptors (Lipinski definition) is 5. The molecule has 1 rings (SSSR count). The summed E-state index contributed by atoms with van der Waals surface area (Å²) in [4.78, 5) is 8.36. The van der Waals surface area contributed by atoms with E-state index in [-0.39, 0.29) is 12.7 Å². The zero-order chi connectivity index (χ0) is 10.1. The van der Waals surface area contributed by atoms with Gasteiger partial charge in [0, 0.05) is 6.61 Å². The maximum atomic E-state index is 8.43. The second kappa shape index (κ2) is 7.71. The fraction of sp³-hybridized carbons (Fsp3) is 1.00. The zero-order valence-corrected chi connectivity index (χ0v) is 7.09. The van der Waals surface area contributed by atoms with Crippen LogP contribution in [-0.2, 0) is 9.47 Å². The molecule has 1 atom stereocenters. The van der Waals surface area contributed by atoms with Crippen LogP contribution in [0.5, 0.6) is 0 Å². The van der Waals surface area contributed by atoms with E-state index in [0.717, 1.165) is 12.8 Å². The lowest BCUT2D eigenvalue weighted by Crippen LogP contribution is -2.09. The van der Waals surface area contributed by atoms with Crippen LogP contribution in [0.1, 0.15) is 12.8 Å². The van der Waals surface area contributed by atoms with Crippen LogP contribution >= 0.6 is 0 Å². The highest BCUT2D eigenvalue weighted by Crippen LogP contribution is 2.08. The van der Waals surface area contributed by atoms with Gasteiger partial charge in [0.25, 0.3) is 5.09 Å². The molecule has 0 saturated carbocycles. The molecule has 1 unspecified atom stereocenters. The van der Waals surface area contributed by atoms with Crippen LogP contribution in [0.3, 0.4) is 0 Å². The molecule has 1 fully saturated rings. The van der Waals surface area contributed by atoms with Crippen molar-refractivity contribution in [3.05, 3.63) is 10.1 Å². The predicted molar refractivity (Wildman–Crippen MR) is 40.8 cm³/mol. The second-order valence-electron chi connectivity index (χ2n) is 2.38. The van der Waals surface area contributed by atoms with Gasteiger partial charge in [-0.3, -0.25) is 0 Å². The first-order valence-electron chi connectivity index (χ1n) is 3.80. The maximum absolute atomic E-state index is 8.43. The molecule has 1 saturated heterocycles. The number of aliphatic hydroxyl groups excluding tert-OH is 1. The molecular weight excluding hydrogens is 182 g/mol. The van der Waals surface area contributed by atoms with E-state index in [1.54, 1.807) is 0 Å². The van der Waals surface area contributed by atoms with Crippen molar-refractivity contribution in [1.82, 2.24) is 0 Å². The van der Waals surface area contributed by atoms with Gasteiger partial charge >= 0.3 is 0 Å². The molecule has 7 heteroatoms. The first-order valence-corrected chi connectivity index (χ1v) is 3.80. The van der Waals surface area contributed by atoms with Crippen molar-refractivity contribution in [2.75, 3.05) is 20.0 Å². The average Bonchev–Trinajstić information content (AvgIpc) is 2.51. The lowest BCUT2D eigenvalue weighted by molar-refractivity contribution is -0.742. The molecule has 1 heterocycles. The van der Waals surface area contributed by atoms with Crippen LogP contribution in [0.4, 0.5) is 0 Å². The van der Waals surface area contributed by atoms with Gasteiger partial charge in [0.05, 0.1) is 12.7 Å². The highest BCUT2D eigenvalue weighted by atomic mass is 16.9. The number of nitrogens with zero attached hydrogens (tertiary/aromatic N) is 1. The number of ether oxygens (including phenoxy) is 2. The number of hydrogen-bond donors (Lipinski definition) is 2. The molecule has 0 aromatic rings. The van der Waals surface area contributed by atoms with Crippen molar-refractivity contribution in [3.8, 4) is 0 Å². The molecular formula is C6H13NO6. The van der Waals surface area contributed by atoms with E-state index in [2.05, 4.69) is 0 Å². The minimum atomic E-state index is -1.50. The molecule has 78 valence electrons. The lowest BCUT2D eigenvalue weighted by atomic mass is 10.2. The highest BCUT2D eigenvalue weighted by Gasteiger charge is 2.14. The van der Waals surface area contributed by atoms with Gasteiger partial charge < -0.3 is 19.8 Å². The Labute approximate surface area is 75.0 Å². The first kappa shape index (κ1) is 12.1. The van der Waals surface area contributed by atoms with Gasteiger partial charge in [-0.15, -0.1) is 10.1 Å². The van der Waals surface area contributed by atoms with Crippen LogP contribution in [0, 0.1) is 10.1 Å². The van der Waals surface area contributed by atoms with Gasteiger partial charge in [-0.1, -0.05) is 0 Å². The van der Waals surface area contributed by atoms with Crippen molar-refractivity contribution < 1.29 is 24.9 Å². The van der Waals surface area contributed by atoms with E-state index in [4.69, 9.17) is 29.9 Å². The Morgan fingerprint density at radius 3 is 2.62 bits per heavy atom. The lowest BCUT2D eigenvalue weighted by Gasteiger charge is -2.03. The summed E-state index contributed by atoms with van der Waals surface area (Å²) in [5, 5.41) is 22.1. The summed E-state index contributed by atoms with van der Waals surface area (Å²) in [6, 6.07) is 0. The second-order valence-corrected chi connectivity index (χ2v) is 2.38. The van der Waals surface area contributed by atoms with E-state index in [1.807, 2.05) is 0 Å². The third kappa shape index (κ3) is 8.99. The van der Waals surface area contributed by atoms with Gasteiger partial charge in [0.15, 0.2) is 0 Å². The smallest absolute Gasteiger partial charge is 0.291 e. The third-order valence-electron chi connectivity index (χ3n) is 1.38. The van der Waals surface area contributed by atoms with Crippen LogP contribution in [0.2, 0.25) is 0 Å². The van der Waals surface area contributed by atoms with E-state index in [1.165, 1.54) is 0 Å². The van der Waals surface area contributed by atoms with Crippen molar-refractivity contribution in [1.29, 1.82) is 0 Å². The fourth-order valence-corrected chi connectivity index (χ4v) is 0.858. The molecule has 13 heavy (non-hydrogen) atoms. The molecule has 1 aliphatic heterocycles. The van der Waals surface area contributed by atoms with Gasteiger partial charge in [0.1, 0.15) is 6.79 Å². The molecule has 7 nitrogen and oxygen atoms in total. The summed E-state index contributed by atoms with van der Waals surface area (Å²) in [6.07, 6.45) is 1.96. The standard InChI is InChI=1S/C6H12O3.HNO3/c7-3-1-2-6-4-8-5-9-6;2-1(3)4/h6-7H,1-5H2;(H,2,3,4). The summed E-state index contributed by atoms with van der Waals surface area (Å²) in [7, 11) is 0. The summed E-state index contributed by atoms with van der Waals surface area (Å²) in [6.45, 7) is 1.37. The summed E-state index contributed by atoms with van der Waals surface area (Å²) >= 11 is 0. The average molecular weight is 195 g/mol. The third-order valence-corrected chi connectivity index (χ3v) is 1.38. The van der Waals surface area contributed by atoms with Gasteiger partial charge in [-0.25, -0.2) is 0 Å². The fourth-order valence-electron chi connectivity index (χ4n) is 0.858. The van der Waals surface area contributed by atoms with E-state index in [0.29, 0.717) is 13.4 Å². The van der Waals surface area contributed by atoms with Crippen LogP contribution in [0.25, 0.3) is 0 Å². The van der Waals surface area contributed by atoms with Crippen molar-refractivity contribution in [2.24, 2.45) is 0 Å². The molecule has 0 aliphatic carbocycles. The van der Waals surface area contributed by atoms with Crippen LogP contribution in [0.15, 0.2) is 0 Å². The Bertz CT molecular complexity index is 131. The van der Waals surface area contributed by atoms with E-state index in [9.17, 15) is 0 Å². The topological polar surface area (TPSA) is 102 Å². The van der Waals surface area contributed by atoms with Gasteiger partial charge in [-0.05, 0) is 12.8 Å². The van der Waals surface area contributed by atoms with Gasteiger partial charge in [-0.2, -0.15) is 0 Å². The van der Waals surface area contributed by atoms with Crippen molar-refractivity contribution in [2.45, 2.75) is 18.9 Å². The zero-order valence-electron chi connectivity index (χ0n) is 7.09. The predicted octanol–water partition coefficient (Wildman–Crippen LogP) is -0.216. The Morgan fingerprint density at radius 2 is 2.23 bits per heavy atom. The Morgan fingerprint density at radius 1 is 1.62 bits per heavy atom. The van der Waals surface area contributed by atoms with Gasteiger partial charge in [0.2, 0.25) is 0 Å².